The molecule has 0 aliphatic heterocycles. The van der Waals surface area contributed by atoms with E-state index in [0.717, 1.165) is 0 Å². The van der Waals surface area contributed by atoms with Crippen LogP contribution in [-0.4, -0.2) is 24.0 Å². The lowest BCUT2D eigenvalue weighted by atomic mass is 9.90. The third kappa shape index (κ3) is 6.06. The van der Waals surface area contributed by atoms with Crippen molar-refractivity contribution in [2.24, 2.45) is 5.92 Å². The first kappa shape index (κ1) is 22.4. The lowest BCUT2D eigenvalue weighted by molar-refractivity contribution is -0.125. The van der Waals surface area contributed by atoms with E-state index in [0.29, 0.717) is 21.8 Å². The van der Waals surface area contributed by atoms with Crippen LogP contribution in [-0.2, 0) is 15.3 Å². The molecule has 0 unspecified atom stereocenters. The highest BCUT2D eigenvalue weighted by atomic mass is 32.2. The number of carbonyl (C=O) groups excluding carboxylic acids is 2. The zero-order chi connectivity index (χ0) is 21.4. The summed E-state index contributed by atoms with van der Waals surface area (Å²) in [6, 6.07) is 15.3. The van der Waals surface area contributed by atoms with E-state index >= 15 is 0 Å². The molecule has 0 saturated heterocycles. The van der Waals surface area contributed by atoms with Crippen LogP contribution in [0, 0.1) is 23.1 Å². The highest BCUT2D eigenvalue weighted by Gasteiger charge is 2.30. The molecule has 1 N–H and O–H groups in total. The van der Waals surface area contributed by atoms with Gasteiger partial charge in [0.2, 0.25) is 0 Å². The number of amides is 1. The van der Waals surface area contributed by atoms with Crippen LogP contribution in [0.4, 0.5) is 4.39 Å². The second-order valence-electron chi connectivity index (χ2n) is 6.97. The van der Waals surface area contributed by atoms with Crippen molar-refractivity contribution in [3.05, 3.63) is 65.5 Å². The number of nitriles is 1. The van der Waals surface area contributed by atoms with Crippen LogP contribution in [0.15, 0.2) is 53.4 Å². The summed E-state index contributed by atoms with van der Waals surface area (Å²) in [5.74, 6) is -1.26. The number of benzene rings is 2. The Morgan fingerprint density at radius 1 is 1.21 bits per heavy atom. The van der Waals surface area contributed by atoms with Crippen LogP contribution in [0.25, 0.3) is 0 Å². The van der Waals surface area contributed by atoms with Gasteiger partial charge in [0, 0.05) is 10.6 Å². The number of carbonyl (C=O) groups is 2. The summed E-state index contributed by atoms with van der Waals surface area (Å²) in [6.45, 7) is 4.76. The van der Waals surface area contributed by atoms with Crippen LogP contribution in [0.2, 0.25) is 0 Å². The third-order valence-electron chi connectivity index (χ3n) is 4.57. The topological polar surface area (TPSA) is 79.2 Å². The van der Waals surface area contributed by atoms with E-state index in [-0.39, 0.29) is 11.7 Å². The Bertz CT molecular complexity index is 926. The lowest BCUT2D eigenvalue weighted by Gasteiger charge is -2.27. The van der Waals surface area contributed by atoms with E-state index in [1.807, 2.05) is 13.8 Å². The van der Waals surface area contributed by atoms with Crippen molar-refractivity contribution in [3.8, 4) is 6.07 Å². The summed E-state index contributed by atoms with van der Waals surface area (Å²) in [6.07, 6.45) is 0. The van der Waals surface area contributed by atoms with Gasteiger partial charge in [-0.3, -0.25) is 4.79 Å². The number of thioether (sulfide) groups is 1. The summed E-state index contributed by atoms with van der Waals surface area (Å²) >= 11 is 1.31. The zero-order valence-electron chi connectivity index (χ0n) is 16.6. The molecular formula is C22H23FN2O3S. The minimum absolute atomic E-state index is 0.109. The molecule has 0 aromatic heterocycles. The number of nitrogens with zero attached hydrogens (tertiary/aromatic N) is 1. The molecule has 5 nitrogen and oxygen atoms in total. The first-order valence-electron chi connectivity index (χ1n) is 9.11. The molecule has 2 rings (SSSR count). The highest BCUT2D eigenvalue weighted by molar-refractivity contribution is 7.98. The van der Waals surface area contributed by atoms with E-state index in [1.54, 1.807) is 49.4 Å². The van der Waals surface area contributed by atoms with E-state index in [1.165, 1.54) is 17.8 Å². The van der Waals surface area contributed by atoms with Crippen molar-refractivity contribution in [1.82, 2.24) is 5.32 Å². The van der Waals surface area contributed by atoms with Crippen molar-refractivity contribution in [3.63, 3.8) is 0 Å². The van der Waals surface area contributed by atoms with Gasteiger partial charge in [-0.2, -0.15) is 5.26 Å². The summed E-state index contributed by atoms with van der Waals surface area (Å²) in [5, 5.41) is 11.9. The number of ether oxygens (including phenoxy) is 1. The fraction of sp³-hybridized carbons (Fsp3) is 0.318. The molecule has 152 valence electrons. The van der Waals surface area contributed by atoms with E-state index < -0.39 is 24.0 Å². The standard InChI is InChI=1S/C22H23FN2O3S/c1-15(2)22(3,14-24)25-20(26)12-28-21(27)17-9-5-7-11-19(17)29-13-16-8-4-6-10-18(16)23/h4-11,15H,12-13H2,1-3H3,(H,25,26)/t22-/m0/s1. The minimum Gasteiger partial charge on any atom is -0.452 e. The molecule has 1 amide bonds. The number of halogens is 1. The Hall–Kier alpha value is -2.85. The molecule has 7 heteroatoms. The van der Waals surface area contributed by atoms with Gasteiger partial charge in [-0.15, -0.1) is 11.8 Å². The smallest absolute Gasteiger partial charge is 0.339 e. The molecule has 0 aliphatic carbocycles. The maximum atomic E-state index is 13.8. The van der Waals surface area contributed by atoms with Crippen LogP contribution in [0.1, 0.15) is 36.7 Å². The van der Waals surface area contributed by atoms with Gasteiger partial charge >= 0.3 is 5.97 Å². The molecular weight excluding hydrogens is 391 g/mol. The number of hydrogen-bond donors (Lipinski definition) is 1. The summed E-state index contributed by atoms with van der Waals surface area (Å²) in [5.41, 5.74) is -0.213. The number of esters is 1. The fourth-order valence-electron chi connectivity index (χ4n) is 2.37. The normalized spacial score (nSPS) is 12.7. The Labute approximate surface area is 174 Å². The highest BCUT2D eigenvalue weighted by Crippen LogP contribution is 2.27. The number of nitrogens with one attached hydrogen (secondary N) is 1. The van der Waals surface area contributed by atoms with Gasteiger partial charge in [0.15, 0.2) is 6.61 Å². The van der Waals surface area contributed by atoms with Crippen molar-refractivity contribution in [2.45, 2.75) is 37.0 Å². The van der Waals surface area contributed by atoms with Crippen LogP contribution < -0.4 is 5.32 Å². The average Bonchev–Trinajstić information content (AvgIpc) is 2.71. The Morgan fingerprint density at radius 2 is 1.86 bits per heavy atom. The maximum Gasteiger partial charge on any atom is 0.339 e. The van der Waals surface area contributed by atoms with Gasteiger partial charge < -0.3 is 10.1 Å². The molecule has 0 heterocycles. The molecule has 2 aromatic carbocycles. The van der Waals surface area contributed by atoms with Gasteiger partial charge in [-0.1, -0.05) is 44.2 Å². The van der Waals surface area contributed by atoms with E-state index in [4.69, 9.17) is 4.74 Å². The van der Waals surface area contributed by atoms with Gasteiger partial charge in [0.25, 0.3) is 5.91 Å². The minimum atomic E-state index is -1.04. The molecule has 0 aliphatic rings. The van der Waals surface area contributed by atoms with Crippen LogP contribution in [0.3, 0.4) is 0 Å². The molecule has 0 saturated carbocycles. The first-order valence-corrected chi connectivity index (χ1v) is 10.1. The predicted molar refractivity (Wildman–Crippen MR) is 110 cm³/mol. The van der Waals surface area contributed by atoms with Crippen molar-refractivity contribution >= 4 is 23.6 Å². The fourth-order valence-corrected chi connectivity index (χ4v) is 3.39. The molecule has 0 radical (unpaired) electrons. The molecule has 0 spiro atoms. The quantitative estimate of drug-likeness (QED) is 0.514. The average molecular weight is 415 g/mol. The monoisotopic (exact) mass is 414 g/mol. The zero-order valence-corrected chi connectivity index (χ0v) is 17.4. The number of hydrogen-bond acceptors (Lipinski definition) is 5. The largest absolute Gasteiger partial charge is 0.452 e. The van der Waals surface area contributed by atoms with E-state index in [2.05, 4.69) is 11.4 Å². The summed E-state index contributed by atoms with van der Waals surface area (Å²) < 4.78 is 18.9. The number of rotatable bonds is 8. The SMILES string of the molecule is CC(C)[C@](C)(C#N)NC(=O)COC(=O)c1ccccc1SCc1ccccc1F. The first-order chi connectivity index (χ1) is 13.8. The van der Waals surface area contributed by atoms with Gasteiger partial charge in [0.1, 0.15) is 11.4 Å². The van der Waals surface area contributed by atoms with Gasteiger partial charge in [0.05, 0.1) is 11.6 Å². The predicted octanol–water partition coefficient (Wildman–Crippen LogP) is 4.33. The second-order valence-corrected chi connectivity index (χ2v) is 7.99. The summed E-state index contributed by atoms with van der Waals surface area (Å²) in [4.78, 5) is 25.2. The van der Waals surface area contributed by atoms with Gasteiger partial charge in [-0.05, 0) is 36.6 Å². The maximum absolute atomic E-state index is 13.8. The van der Waals surface area contributed by atoms with Crippen molar-refractivity contribution < 1.29 is 18.7 Å². The Balaban J connectivity index is 2.00. The molecule has 1 atom stereocenters. The second kappa shape index (κ2) is 10.1. The van der Waals surface area contributed by atoms with Crippen LogP contribution in [0.5, 0.6) is 0 Å². The van der Waals surface area contributed by atoms with Gasteiger partial charge in [-0.25, -0.2) is 9.18 Å². The third-order valence-corrected chi connectivity index (χ3v) is 5.69. The molecule has 2 aromatic rings. The molecule has 0 fully saturated rings. The van der Waals surface area contributed by atoms with Crippen LogP contribution >= 0.6 is 11.8 Å². The molecule has 0 bridgehead atoms. The Morgan fingerprint density at radius 3 is 2.52 bits per heavy atom. The van der Waals surface area contributed by atoms with Crippen molar-refractivity contribution in [1.29, 1.82) is 5.26 Å². The lowest BCUT2D eigenvalue weighted by Crippen LogP contribution is -2.50. The Kier molecular flexibility index (Phi) is 7.80. The van der Waals surface area contributed by atoms with Crippen molar-refractivity contribution in [2.75, 3.05) is 6.61 Å². The van der Waals surface area contributed by atoms with E-state index in [9.17, 15) is 19.2 Å². The summed E-state index contributed by atoms with van der Waals surface area (Å²) in [7, 11) is 0. The molecule has 29 heavy (non-hydrogen) atoms.